The van der Waals surface area contributed by atoms with Crippen LogP contribution in [0.5, 0.6) is 0 Å². The van der Waals surface area contributed by atoms with Crippen molar-refractivity contribution in [1.82, 2.24) is 25.4 Å². The first-order valence-electron chi connectivity index (χ1n) is 5.56. The molecule has 0 amide bonds. The fourth-order valence-electron chi connectivity index (χ4n) is 1.37. The van der Waals surface area contributed by atoms with Gasteiger partial charge in [-0.15, -0.1) is 0 Å². The monoisotopic (exact) mass is 233 g/mol. The lowest BCUT2D eigenvalue weighted by Gasteiger charge is -2.06. The minimum absolute atomic E-state index is 0.435. The minimum Gasteiger partial charge on any atom is -0.339 e. The summed E-state index contributed by atoms with van der Waals surface area (Å²) in [6.45, 7) is 2.11. The van der Waals surface area contributed by atoms with Crippen LogP contribution < -0.4 is 5.32 Å². The van der Waals surface area contributed by atoms with E-state index in [1.54, 1.807) is 12.3 Å². The molecule has 0 aromatic carbocycles. The van der Waals surface area contributed by atoms with Gasteiger partial charge in [0.15, 0.2) is 0 Å². The molecule has 0 bridgehead atoms. The van der Waals surface area contributed by atoms with E-state index in [4.69, 9.17) is 4.52 Å². The van der Waals surface area contributed by atoms with Crippen LogP contribution in [-0.4, -0.2) is 33.2 Å². The summed E-state index contributed by atoms with van der Waals surface area (Å²) in [6.07, 6.45) is 4.85. The lowest BCUT2D eigenvalue weighted by Crippen LogP contribution is -2.21. The molecule has 0 aliphatic heterocycles. The van der Waals surface area contributed by atoms with E-state index in [1.807, 2.05) is 7.05 Å². The number of hydrogen-bond acceptors (Lipinski definition) is 6. The molecule has 6 nitrogen and oxygen atoms in total. The fourth-order valence-corrected chi connectivity index (χ4v) is 1.37. The van der Waals surface area contributed by atoms with Crippen molar-refractivity contribution in [3.05, 3.63) is 24.5 Å². The third-order valence-electron chi connectivity index (χ3n) is 2.56. The predicted octanol–water partition coefficient (Wildman–Crippen LogP) is 1.07. The van der Waals surface area contributed by atoms with Crippen molar-refractivity contribution in [2.24, 2.45) is 0 Å². The summed E-state index contributed by atoms with van der Waals surface area (Å²) < 4.78 is 5.16. The molecule has 6 heteroatoms. The van der Waals surface area contributed by atoms with Crippen molar-refractivity contribution in [2.75, 3.05) is 7.05 Å². The second-order valence-electron chi connectivity index (χ2n) is 3.83. The second-order valence-corrected chi connectivity index (χ2v) is 3.83. The zero-order valence-corrected chi connectivity index (χ0v) is 9.92. The molecule has 2 aromatic heterocycles. The molecule has 1 unspecified atom stereocenters. The van der Waals surface area contributed by atoms with E-state index in [2.05, 4.69) is 32.3 Å². The SMILES string of the molecule is CNC(C)CCc1nc(-c2ccncn2)no1. The molecule has 1 N–H and O–H groups in total. The van der Waals surface area contributed by atoms with Gasteiger partial charge >= 0.3 is 0 Å². The lowest BCUT2D eigenvalue weighted by atomic mass is 10.2. The van der Waals surface area contributed by atoms with Crippen molar-refractivity contribution in [2.45, 2.75) is 25.8 Å². The van der Waals surface area contributed by atoms with Crippen LogP contribution in [-0.2, 0) is 6.42 Å². The van der Waals surface area contributed by atoms with E-state index in [0.717, 1.165) is 12.8 Å². The molecule has 2 rings (SSSR count). The van der Waals surface area contributed by atoms with Gasteiger partial charge in [-0.3, -0.25) is 0 Å². The predicted molar refractivity (Wildman–Crippen MR) is 62.2 cm³/mol. The van der Waals surface area contributed by atoms with Crippen molar-refractivity contribution >= 4 is 0 Å². The normalized spacial score (nSPS) is 12.6. The van der Waals surface area contributed by atoms with E-state index in [1.165, 1.54) is 6.33 Å². The number of aryl methyl sites for hydroxylation is 1. The van der Waals surface area contributed by atoms with Gasteiger partial charge in [0.2, 0.25) is 11.7 Å². The van der Waals surface area contributed by atoms with Gasteiger partial charge < -0.3 is 9.84 Å². The standard InChI is InChI=1S/C11H15N5O/c1-8(12-2)3-4-10-15-11(16-17-10)9-5-6-13-7-14-9/h5-8,12H,3-4H2,1-2H3. The highest BCUT2D eigenvalue weighted by molar-refractivity contribution is 5.46. The maximum Gasteiger partial charge on any atom is 0.227 e. The molecule has 17 heavy (non-hydrogen) atoms. The highest BCUT2D eigenvalue weighted by atomic mass is 16.5. The van der Waals surface area contributed by atoms with E-state index in [-0.39, 0.29) is 0 Å². The summed E-state index contributed by atoms with van der Waals surface area (Å²) in [5.74, 6) is 1.15. The van der Waals surface area contributed by atoms with Crippen molar-refractivity contribution < 1.29 is 4.52 Å². The third kappa shape index (κ3) is 3.07. The van der Waals surface area contributed by atoms with Crippen LogP contribution in [0.25, 0.3) is 11.5 Å². The molecule has 2 aromatic rings. The Morgan fingerprint density at radius 3 is 3.06 bits per heavy atom. The van der Waals surface area contributed by atoms with Crippen LogP contribution in [0.15, 0.2) is 23.1 Å². The van der Waals surface area contributed by atoms with Gasteiger partial charge in [0.1, 0.15) is 12.0 Å². The molecule has 0 aliphatic carbocycles. The summed E-state index contributed by atoms with van der Waals surface area (Å²) in [5.41, 5.74) is 0.677. The summed E-state index contributed by atoms with van der Waals surface area (Å²) in [6, 6.07) is 2.19. The van der Waals surface area contributed by atoms with E-state index < -0.39 is 0 Å². The third-order valence-corrected chi connectivity index (χ3v) is 2.56. The van der Waals surface area contributed by atoms with Gasteiger partial charge in [0, 0.05) is 18.7 Å². The Hall–Kier alpha value is -1.82. The highest BCUT2D eigenvalue weighted by Gasteiger charge is 2.10. The zero-order chi connectivity index (χ0) is 12.1. The zero-order valence-electron chi connectivity index (χ0n) is 9.92. The van der Waals surface area contributed by atoms with Crippen molar-refractivity contribution in [1.29, 1.82) is 0 Å². The van der Waals surface area contributed by atoms with Crippen LogP contribution in [0.1, 0.15) is 19.2 Å². The first kappa shape index (κ1) is 11.7. The van der Waals surface area contributed by atoms with Crippen LogP contribution in [0.4, 0.5) is 0 Å². The molecule has 0 saturated carbocycles. The Morgan fingerprint density at radius 2 is 2.35 bits per heavy atom. The second kappa shape index (κ2) is 5.49. The highest BCUT2D eigenvalue weighted by Crippen LogP contribution is 2.12. The molecule has 90 valence electrons. The molecular formula is C11H15N5O. The molecule has 2 heterocycles. The van der Waals surface area contributed by atoms with Gasteiger partial charge in [0.25, 0.3) is 0 Å². The Bertz CT molecular complexity index is 456. The average Bonchev–Trinajstić information content (AvgIpc) is 2.86. The topological polar surface area (TPSA) is 76.7 Å². The van der Waals surface area contributed by atoms with Gasteiger partial charge in [-0.1, -0.05) is 5.16 Å². The summed E-state index contributed by atoms with van der Waals surface area (Å²) in [5, 5.41) is 7.06. The molecule has 1 atom stereocenters. The average molecular weight is 233 g/mol. The Balaban J connectivity index is 2.01. The Labute approximate surface area is 99.5 Å². The molecule has 0 saturated heterocycles. The van der Waals surface area contributed by atoms with Crippen molar-refractivity contribution in [3.63, 3.8) is 0 Å². The van der Waals surface area contributed by atoms with E-state index in [9.17, 15) is 0 Å². The lowest BCUT2D eigenvalue weighted by molar-refractivity contribution is 0.369. The van der Waals surface area contributed by atoms with Crippen LogP contribution in [0.2, 0.25) is 0 Å². The maximum atomic E-state index is 5.16. The molecule has 0 spiro atoms. The summed E-state index contributed by atoms with van der Waals surface area (Å²) >= 11 is 0. The number of nitrogens with zero attached hydrogens (tertiary/aromatic N) is 4. The Morgan fingerprint density at radius 1 is 1.47 bits per heavy atom. The van der Waals surface area contributed by atoms with Gasteiger partial charge in [-0.05, 0) is 26.5 Å². The van der Waals surface area contributed by atoms with Gasteiger partial charge in [-0.2, -0.15) is 4.98 Å². The summed E-state index contributed by atoms with van der Waals surface area (Å²) in [4.78, 5) is 12.2. The molecule has 0 fully saturated rings. The van der Waals surface area contributed by atoms with Gasteiger partial charge in [0.05, 0.1) is 0 Å². The largest absolute Gasteiger partial charge is 0.339 e. The Kier molecular flexibility index (Phi) is 3.77. The van der Waals surface area contributed by atoms with E-state index >= 15 is 0 Å². The maximum absolute atomic E-state index is 5.16. The van der Waals surface area contributed by atoms with Crippen LogP contribution >= 0.6 is 0 Å². The summed E-state index contributed by atoms with van der Waals surface area (Å²) in [7, 11) is 1.94. The fraction of sp³-hybridized carbons (Fsp3) is 0.455. The van der Waals surface area contributed by atoms with Gasteiger partial charge in [-0.25, -0.2) is 9.97 Å². The minimum atomic E-state index is 0.435. The first-order valence-corrected chi connectivity index (χ1v) is 5.56. The smallest absolute Gasteiger partial charge is 0.227 e. The number of nitrogens with one attached hydrogen (secondary N) is 1. The van der Waals surface area contributed by atoms with Crippen molar-refractivity contribution in [3.8, 4) is 11.5 Å². The number of hydrogen-bond donors (Lipinski definition) is 1. The number of aromatic nitrogens is 4. The molecule has 0 aliphatic rings. The van der Waals surface area contributed by atoms with E-state index in [0.29, 0.717) is 23.5 Å². The molecule has 0 radical (unpaired) electrons. The molecular weight excluding hydrogens is 218 g/mol. The number of rotatable bonds is 5. The van der Waals surface area contributed by atoms with Crippen LogP contribution in [0, 0.1) is 0 Å². The quantitative estimate of drug-likeness (QED) is 0.832. The van der Waals surface area contributed by atoms with Crippen LogP contribution in [0.3, 0.4) is 0 Å². The first-order chi connectivity index (χ1) is 8.29.